The summed E-state index contributed by atoms with van der Waals surface area (Å²) in [4.78, 5) is 0. The summed E-state index contributed by atoms with van der Waals surface area (Å²) in [5, 5.41) is 9.12. The monoisotopic (exact) mass is 200 g/mol. The highest BCUT2D eigenvalue weighted by atomic mass is 16.5. The van der Waals surface area contributed by atoms with E-state index >= 15 is 0 Å². The van der Waals surface area contributed by atoms with E-state index in [1.807, 2.05) is 13.8 Å². The van der Waals surface area contributed by atoms with Gasteiger partial charge in [-0.2, -0.15) is 0 Å². The van der Waals surface area contributed by atoms with Crippen LogP contribution in [-0.2, 0) is 4.74 Å². The summed E-state index contributed by atoms with van der Waals surface area (Å²) in [6.45, 7) is 8.63. The molecule has 1 fully saturated rings. The minimum atomic E-state index is -0.370. The van der Waals surface area contributed by atoms with Crippen molar-refractivity contribution in [1.82, 2.24) is 0 Å². The van der Waals surface area contributed by atoms with Gasteiger partial charge in [0.25, 0.3) is 0 Å². The number of hydrogen-bond donors (Lipinski definition) is 1. The zero-order chi connectivity index (χ0) is 10.8. The Labute approximate surface area is 87.7 Å². The van der Waals surface area contributed by atoms with E-state index in [2.05, 4.69) is 13.8 Å². The van der Waals surface area contributed by atoms with Gasteiger partial charge in [0, 0.05) is 0 Å². The van der Waals surface area contributed by atoms with Gasteiger partial charge in [0.1, 0.15) is 0 Å². The molecule has 0 heterocycles. The van der Waals surface area contributed by atoms with Crippen LogP contribution >= 0.6 is 0 Å². The lowest BCUT2D eigenvalue weighted by molar-refractivity contribution is -0.117. The highest BCUT2D eigenvalue weighted by Crippen LogP contribution is 2.32. The first kappa shape index (κ1) is 12.0. The molecule has 0 amide bonds. The average Bonchev–Trinajstić information content (AvgIpc) is 2.11. The van der Waals surface area contributed by atoms with Crippen molar-refractivity contribution in [1.29, 1.82) is 0 Å². The van der Waals surface area contributed by atoms with Crippen molar-refractivity contribution in [2.24, 2.45) is 11.8 Å². The maximum Gasteiger partial charge on any atom is 0.0859 e. The van der Waals surface area contributed by atoms with E-state index in [0.29, 0.717) is 6.10 Å². The summed E-state index contributed by atoms with van der Waals surface area (Å²) in [6.07, 6.45) is 3.90. The zero-order valence-electron chi connectivity index (χ0n) is 9.92. The van der Waals surface area contributed by atoms with Crippen LogP contribution < -0.4 is 0 Å². The number of aliphatic hydroxyl groups is 1. The smallest absolute Gasteiger partial charge is 0.0859 e. The van der Waals surface area contributed by atoms with E-state index in [1.165, 1.54) is 6.42 Å². The molecule has 1 aliphatic carbocycles. The normalized spacial score (nSPS) is 34.5. The van der Waals surface area contributed by atoms with Crippen molar-refractivity contribution < 1.29 is 9.84 Å². The van der Waals surface area contributed by atoms with E-state index in [-0.39, 0.29) is 12.2 Å². The summed E-state index contributed by atoms with van der Waals surface area (Å²) >= 11 is 0. The first-order valence-electron chi connectivity index (χ1n) is 5.73. The quantitative estimate of drug-likeness (QED) is 0.759. The third kappa shape index (κ3) is 3.25. The fourth-order valence-corrected chi connectivity index (χ4v) is 2.09. The van der Waals surface area contributed by atoms with E-state index in [1.54, 1.807) is 0 Å². The Morgan fingerprint density at radius 1 is 1.21 bits per heavy atom. The first-order valence-corrected chi connectivity index (χ1v) is 5.73. The molecule has 2 heteroatoms. The molecule has 2 nitrogen and oxygen atoms in total. The Balaban J connectivity index is 2.40. The molecule has 0 radical (unpaired) electrons. The number of aliphatic hydroxyl groups excluding tert-OH is 1. The molecule has 3 atom stereocenters. The Morgan fingerprint density at radius 3 is 2.36 bits per heavy atom. The molecule has 1 saturated carbocycles. The number of ether oxygens (including phenoxy) is 1. The highest BCUT2D eigenvalue weighted by Gasteiger charge is 2.29. The molecular weight excluding hydrogens is 176 g/mol. The molecule has 0 aliphatic heterocycles. The minimum Gasteiger partial charge on any atom is -0.393 e. The van der Waals surface area contributed by atoms with Crippen LogP contribution in [0.3, 0.4) is 0 Å². The minimum absolute atomic E-state index is 0.105. The van der Waals surface area contributed by atoms with Gasteiger partial charge in [-0.25, -0.2) is 0 Å². The van der Waals surface area contributed by atoms with Crippen molar-refractivity contribution in [3.8, 4) is 0 Å². The van der Waals surface area contributed by atoms with Gasteiger partial charge in [-0.05, 0) is 44.9 Å². The molecule has 1 N–H and O–H groups in total. The van der Waals surface area contributed by atoms with Crippen LogP contribution in [0.4, 0.5) is 0 Å². The molecule has 0 bridgehead atoms. The molecule has 1 rings (SSSR count). The summed E-state index contributed by atoms with van der Waals surface area (Å²) in [6, 6.07) is 0. The van der Waals surface area contributed by atoms with Gasteiger partial charge >= 0.3 is 0 Å². The maximum absolute atomic E-state index is 9.12. The molecule has 1 aliphatic rings. The van der Waals surface area contributed by atoms with E-state index < -0.39 is 0 Å². The number of hydrogen-bond acceptors (Lipinski definition) is 2. The lowest BCUT2D eigenvalue weighted by Gasteiger charge is -2.36. The maximum atomic E-state index is 9.12. The van der Waals surface area contributed by atoms with E-state index in [9.17, 15) is 0 Å². The second-order valence-corrected chi connectivity index (χ2v) is 5.43. The topological polar surface area (TPSA) is 29.5 Å². The van der Waals surface area contributed by atoms with Gasteiger partial charge in [0.05, 0.1) is 18.3 Å². The van der Waals surface area contributed by atoms with Crippen molar-refractivity contribution in [2.75, 3.05) is 6.61 Å². The fourth-order valence-electron chi connectivity index (χ4n) is 2.09. The lowest BCUT2D eigenvalue weighted by atomic mass is 9.80. The van der Waals surface area contributed by atoms with Crippen molar-refractivity contribution in [2.45, 2.75) is 58.7 Å². The second kappa shape index (κ2) is 4.63. The highest BCUT2D eigenvalue weighted by molar-refractivity contribution is 4.78. The molecule has 0 aromatic carbocycles. The molecule has 0 saturated heterocycles. The third-order valence-electron chi connectivity index (χ3n) is 3.42. The van der Waals surface area contributed by atoms with Gasteiger partial charge in [0.15, 0.2) is 0 Å². The summed E-state index contributed by atoms with van der Waals surface area (Å²) in [7, 11) is 0. The Hall–Kier alpha value is -0.0800. The number of rotatable bonds is 3. The Morgan fingerprint density at radius 2 is 1.86 bits per heavy atom. The summed E-state index contributed by atoms with van der Waals surface area (Å²) in [5.41, 5.74) is -0.370. The third-order valence-corrected chi connectivity index (χ3v) is 3.42. The molecule has 84 valence electrons. The van der Waals surface area contributed by atoms with Crippen molar-refractivity contribution >= 4 is 0 Å². The van der Waals surface area contributed by atoms with Gasteiger partial charge in [-0.15, -0.1) is 0 Å². The van der Waals surface area contributed by atoms with E-state index in [0.717, 1.165) is 24.7 Å². The van der Waals surface area contributed by atoms with Crippen molar-refractivity contribution in [3.63, 3.8) is 0 Å². The van der Waals surface area contributed by atoms with Crippen LogP contribution in [0, 0.1) is 11.8 Å². The van der Waals surface area contributed by atoms with Crippen molar-refractivity contribution in [3.05, 3.63) is 0 Å². The van der Waals surface area contributed by atoms with Crippen LogP contribution in [-0.4, -0.2) is 23.4 Å². The predicted octanol–water partition coefficient (Wildman–Crippen LogP) is 2.60. The Bertz CT molecular complexity index is 177. The van der Waals surface area contributed by atoms with Crippen LogP contribution in [0.5, 0.6) is 0 Å². The lowest BCUT2D eigenvalue weighted by Crippen LogP contribution is -2.37. The SMILES string of the molecule is CC1CCC(OC(C)(C)CO)CC1C. The second-order valence-electron chi connectivity index (χ2n) is 5.43. The van der Waals surface area contributed by atoms with Crippen LogP contribution in [0.15, 0.2) is 0 Å². The molecule has 0 aromatic heterocycles. The first-order chi connectivity index (χ1) is 6.44. The van der Waals surface area contributed by atoms with Gasteiger partial charge < -0.3 is 9.84 Å². The summed E-state index contributed by atoms with van der Waals surface area (Å²) in [5.74, 6) is 1.58. The van der Waals surface area contributed by atoms with Gasteiger partial charge in [0.2, 0.25) is 0 Å². The molecule has 0 spiro atoms. The largest absolute Gasteiger partial charge is 0.393 e. The van der Waals surface area contributed by atoms with Crippen LogP contribution in [0.1, 0.15) is 47.0 Å². The average molecular weight is 200 g/mol. The van der Waals surface area contributed by atoms with Gasteiger partial charge in [-0.3, -0.25) is 0 Å². The standard InChI is InChI=1S/C12H24O2/c1-9-5-6-11(7-10(9)2)14-12(3,4)8-13/h9-11,13H,5-8H2,1-4H3. The van der Waals surface area contributed by atoms with Crippen LogP contribution in [0.25, 0.3) is 0 Å². The predicted molar refractivity (Wildman–Crippen MR) is 58.2 cm³/mol. The fraction of sp³-hybridized carbons (Fsp3) is 1.00. The molecule has 0 aromatic rings. The van der Waals surface area contributed by atoms with Crippen LogP contribution in [0.2, 0.25) is 0 Å². The summed E-state index contributed by atoms with van der Waals surface area (Å²) < 4.78 is 5.90. The van der Waals surface area contributed by atoms with E-state index in [4.69, 9.17) is 9.84 Å². The molecule has 14 heavy (non-hydrogen) atoms. The zero-order valence-corrected chi connectivity index (χ0v) is 9.92. The molecule has 3 unspecified atom stereocenters. The Kier molecular flexibility index (Phi) is 3.96. The van der Waals surface area contributed by atoms with Gasteiger partial charge in [-0.1, -0.05) is 13.8 Å². The molecular formula is C12H24O2.